The van der Waals surface area contributed by atoms with Gasteiger partial charge >= 0.3 is 0 Å². The maximum Gasteiger partial charge on any atom is 0.243 e. The van der Waals surface area contributed by atoms with Crippen LogP contribution in [-0.4, -0.2) is 32.3 Å². The number of rotatable bonds is 4. The van der Waals surface area contributed by atoms with Gasteiger partial charge in [-0.05, 0) is 35.7 Å². The molecule has 1 aliphatic heterocycles. The molecule has 7 heteroatoms. The summed E-state index contributed by atoms with van der Waals surface area (Å²) in [5.74, 6) is 0.123. The van der Waals surface area contributed by atoms with E-state index in [4.69, 9.17) is 4.74 Å². The van der Waals surface area contributed by atoms with E-state index in [9.17, 15) is 13.2 Å². The van der Waals surface area contributed by atoms with Gasteiger partial charge in [-0.1, -0.05) is 24.3 Å². The molecule has 0 spiro atoms. The van der Waals surface area contributed by atoms with Crippen LogP contribution in [0.3, 0.4) is 0 Å². The largest absolute Gasteiger partial charge is 0.495 e. The third kappa shape index (κ3) is 3.52. The van der Waals surface area contributed by atoms with Gasteiger partial charge in [0.15, 0.2) is 0 Å². The molecule has 0 bridgehead atoms. The minimum absolute atomic E-state index is 0.136. The van der Waals surface area contributed by atoms with Crippen molar-refractivity contribution in [2.45, 2.75) is 24.8 Å². The lowest BCUT2D eigenvalue weighted by molar-refractivity contribution is -0.114. The maximum atomic E-state index is 13.0. The van der Waals surface area contributed by atoms with E-state index in [-0.39, 0.29) is 10.8 Å². The topological polar surface area (TPSA) is 75.7 Å². The van der Waals surface area contributed by atoms with Crippen molar-refractivity contribution < 1.29 is 17.9 Å². The van der Waals surface area contributed by atoms with E-state index in [0.29, 0.717) is 30.9 Å². The molecule has 3 rings (SSSR count). The van der Waals surface area contributed by atoms with Crippen molar-refractivity contribution >= 4 is 21.6 Å². The number of methoxy groups -OCH3 is 1. The summed E-state index contributed by atoms with van der Waals surface area (Å²) >= 11 is 0. The Balaban J connectivity index is 1.94. The zero-order valence-corrected chi connectivity index (χ0v) is 15.0. The highest BCUT2D eigenvalue weighted by Crippen LogP contribution is 2.31. The molecule has 1 heterocycles. The fraction of sp³-hybridized carbons (Fsp3) is 0.278. The molecular formula is C18H20N2O4S. The van der Waals surface area contributed by atoms with Gasteiger partial charge in [0.25, 0.3) is 0 Å². The lowest BCUT2D eigenvalue weighted by atomic mass is 10.0. The van der Waals surface area contributed by atoms with Crippen molar-refractivity contribution in [2.24, 2.45) is 0 Å². The number of hydrogen-bond donors (Lipinski definition) is 1. The molecule has 0 unspecified atom stereocenters. The Morgan fingerprint density at radius 1 is 1.16 bits per heavy atom. The summed E-state index contributed by atoms with van der Waals surface area (Å²) in [6, 6.07) is 12.4. The number of sulfonamides is 1. The lowest BCUT2D eigenvalue weighted by Gasteiger charge is -2.28. The first kappa shape index (κ1) is 17.4. The summed E-state index contributed by atoms with van der Waals surface area (Å²) in [7, 11) is -2.19. The van der Waals surface area contributed by atoms with Crippen LogP contribution >= 0.6 is 0 Å². The highest BCUT2D eigenvalue weighted by molar-refractivity contribution is 7.89. The Morgan fingerprint density at radius 3 is 2.56 bits per heavy atom. The summed E-state index contributed by atoms with van der Waals surface area (Å²) in [4.78, 5) is 11.5. The molecule has 0 saturated heterocycles. The maximum absolute atomic E-state index is 13.0. The number of ether oxygens (including phenoxy) is 1. The summed E-state index contributed by atoms with van der Waals surface area (Å²) in [6.07, 6.45) is 0.685. The third-order valence-electron chi connectivity index (χ3n) is 4.22. The van der Waals surface area contributed by atoms with Crippen LogP contribution in [0.4, 0.5) is 5.69 Å². The number of nitrogens with one attached hydrogen (secondary N) is 1. The van der Waals surface area contributed by atoms with Crippen molar-refractivity contribution in [1.29, 1.82) is 0 Å². The molecule has 25 heavy (non-hydrogen) atoms. The second kappa shape index (κ2) is 6.85. The number of carbonyl (C=O) groups excluding carboxylic acids is 1. The van der Waals surface area contributed by atoms with Crippen molar-refractivity contribution in [3.05, 3.63) is 53.6 Å². The van der Waals surface area contributed by atoms with Crippen LogP contribution in [0.15, 0.2) is 47.4 Å². The van der Waals surface area contributed by atoms with Gasteiger partial charge in [0.05, 0.1) is 17.7 Å². The number of carbonyl (C=O) groups is 1. The molecule has 0 aliphatic carbocycles. The summed E-state index contributed by atoms with van der Waals surface area (Å²) < 4.78 is 32.7. The lowest BCUT2D eigenvalue weighted by Crippen LogP contribution is -2.36. The van der Waals surface area contributed by atoms with Gasteiger partial charge in [-0.2, -0.15) is 4.31 Å². The minimum atomic E-state index is -3.66. The molecule has 2 aromatic carbocycles. The number of nitrogens with zero attached hydrogens (tertiary/aromatic N) is 1. The first-order valence-corrected chi connectivity index (χ1v) is 9.38. The quantitative estimate of drug-likeness (QED) is 0.908. The van der Waals surface area contributed by atoms with E-state index < -0.39 is 10.0 Å². The summed E-state index contributed by atoms with van der Waals surface area (Å²) in [5.41, 5.74) is 2.55. The Hall–Kier alpha value is -2.38. The molecule has 6 nitrogen and oxygen atoms in total. The van der Waals surface area contributed by atoms with Crippen molar-refractivity contribution in [3.63, 3.8) is 0 Å². The van der Waals surface area contributed by atoms with Crippen molar-refractivity contribution in [1.82, 2.24) is 4.31 Å². The predicted molar refractivity (Wildman–Crippen MR) is 95.0 cm³/mol. The zero-order chi connectivity index (χ0) is 18.0. The number of amides is 1. The molecule has 1 aliphatic rings. The Kier molecular flexibility index (Phi) is 4.78. The average molecular weight is 360 g/mol. The Bertz CT molecular complexity index is 909. The Labute approximate surface area is 147 Å². The standard InChI is InChI=1S/C18H20N2O4S/c1-13(21)19-17-11-16(7-8-18(17)24-2)25(22,23)20-10-9-14-5-3-4-6-15(14)12-20/h3-8,11H,9-10,12H2,1-2H3,(H,19,21). The molecule has 2 aromatic rings. The third-order valence-corrected chi connectivity index (χ3v) is 6.06. The molecule has 0 saturated carbocycles. The fourth-order valence-corrected chi connectivity index (χ4v) is 4.40. The van der Waals surface area contributed by atoms with Gasteiger partial charge in [-0.3, -0.25) is 4.79 Å². The zero-order valence-electron chi connectivity index (χ0n) is 14.2. The first-order chi connectivity index (χ1) is 11.9. The molecule has 0 radical (unpaired) electrons. The van der Waals surface area contributed by atoms with Crippen LogP contribution < -0.4 is 10.1 Å². The van der Waals surface area contributed by atoms with Crippen LogP contribution in [0.25, 0.3) is 0 Å². The van der Waals surface area contributed by atoms with Crippen molar-refractivity contribution in [2.75, 3.05) is 19.0 Å². The molecule has 1 N–H and O–H groups in total. The van der Waals surface area contributed by atoms with E-state index >= 15 is 0 Å². The van der Waals surface area contributed by atoms with E-state index in [2.05, 4.69) is 5.32 Å². The molecule has 132 valence electrons. The number of anilines is 1. The highest BCUT2D eigenvalue weighted by atomic mass is 32.2. The smallest absolute Gasteiger partial charge is 0.243 e. The van der Waals surface area contributed by atoms with Crippen LogP contribution in [-0.2, 0) is 27.8 Å². The van der Waals surface area contributed by atoms with Crippen LogP contribution in [0.1, 0.15) is 18.1 Å². The Morgan fingerprint density at radius 2 is 1.88 bits per heavy atom. The van der Waals surface area contributed by atoms with Gasteiger partial charge in [0.2, 0.25) is 15.9 Å². The predicted octanol–water partition coefficient (Wildman–Crippen LogP) is 2.40. The van der Waals surface area contributed by atoms with Gasteiger partial charge in [-0.15, -0.1) is 0 Å². The van der Waals surface area contributed by atoms with Crippen LogP contribution in [0.5, 0.6) is 5.75 Å². The first-order valence-electron chi connectivity index (χ1n) is 7.94. The second-order valence-electron chi connectivity index (χ2n) is 5.90. The van der Waals surface area contributed by atoms with Gasteiger partial charge < -0.3 is 10.1 Å². The number of benzene rings is 2. The van der Waals surface area contributed by atoms with Gasteiger partial charge in [0, 0.05) is 20.0 Å². The summed E-state index contributed by atoms with van der Waals surface area (Å²) in [5, 5.41) is 2.61. The number of fused-ring (bicyclic) bond motifs is 1. The normalized spacial score (nSPS) is 14.6. The van der Waals surface area contributed by atoms with E-state index in [1.165, 1.54) is 36.0 Å². The van der Waals surface area contributed by atoms with Gasteiger partial charge in [-0.25, -0.2) is 8.42 Å². The van der Waals surface area contributed by atoms with Crippen molar-refractivity contribution in [3.8, 4) is 5.75 Å². The molecule has 0 aromatic heterocycles. The SMILES string of the molecule is COc1ccc(S(=O)(=O)N2CCc3ccccc3C2)cc1NC(C)=O. The average Bonchev–Trinajstić information content (AvgIpc) is 2.60. The van der Waals surface area contributed by atoms with E-state index in [1.807, 2.05) is 24.3 Å². The molecular weight excluding hydrogens is 340 g/mol. The fourth-order valence-electron chi connectivity index (χ4n) is 2.96. The minimum Gasteiger partial charge on any atom is -0.495 e. The molecule has 1 amide bonds. The van der Waals surface area contributed by atoms with E-state index in [0.717, 1.165) is 5.56 Å². The van der Waals surface area contributed by atoms with Gasteiger partial charge in [0.1, 0.15) is 5.75 Å². The molecule has 0 fully saturated rings. The summed E-state index contributed by atoms with van der Waals surface area (Å²) in [6.45, 7) is 2.14. The van der Waals surface area contributed by atoms with Crippen LogP contribution in [0, 0.1) is 0 Å². The highest BCUT2D eigenvalue weighted by Gasteiger charge is 2.28. The second-order valence-corrected chi connectivity index (χ2v) is 7.84. The van der Waals surface area contributed by atoms with Crippen LogP contribution in [0.2, 0.25) is 0 Å². The molecule has 0 atom stereocenters. The number of hydrogen-bond acceptors (Lipinski definition) is 4. The monoisotopic (exact) mass is 360 g/mol. The van der Waals surface area contributed by atoms with E-state index in [1.54, 1.807) is 6.07 Å².